The molecule has 0 aliphatic carbocycles. The van der Waals surface area contributed by atoms with Crippen LogP contribution in [0.4, 0.5) is 0 Å². The Kier molecular flexibility index (Phi) is 5.37. The van der Waals surface area contributed by atoms with Gasteiger partial charge in [0.2, 0.25) is 5.91 Å². The molecule has 1 aliphatic heterocycles. The summed E-state index contributed by atoms with van der Waals surface area (Å²) < 4.78 is 5.48. The smallest absolute Gasteiger partial charge is 0.228 e. The maximum atomic E-state index is 12.5. The van der Waals surface area contributed by atoms with E-state index in [9.17, 15) is 4.79 Å². The van der Waals surface area contributed by atoms with Crippen LogP contribution >= 0.6 is 11.3 Å². The zero-order valence-electron chi connectivity index (χ0n) is 13.0. The van der Waals surface area contributed by atoms with Crippen molar-refractivity contribution in [3.8, 4) is 0 Å². The fraction of sp³-hybridized carbons (Fsp3) is 0.471. The van der Waals surface area contributed by atoms with Crippen LogP contribution in [0.15, 0.2) is 30.9 Å². The van der Waals surface area contributed by atoms with Gasteiger partial charge >= 0.3 is 0 Å². The number of hydrogen-bond donors (Lipinski definition) is 0. The first-order valence-corrected chi connectivity index (χ1v) is 8.15. The number of hydrogen-bond acceptors (Lipinski definition) is 3. The minimum Gasteiger partial charge on any atom is -0.377 e. The van der Waals surface area contributed by atoms with Crippen molar-refractivity contribution in [1.29, 1.82) is 0 Å². The fourth-order valence-corrected chi connectivity index (χ4v) is 3.79. The molecule has 114 valence electrons. The second kappa shape index (κ2) is 7.05. The van der Waals surface area contributed by atoms with Crippen molar-refractivity contribution in [3.05, 3.63) is 40.6 Å². The number of rotatable bonds is 4. The lowest BCUT2D eigenvalue weighted by Crippen LogP contribution is -2.52. The second-order valence-corrected chi connectivity index (χ2v) is 6.60. The van der Waals surface area contributed by atoms with Gasteiger partial charge in [0.25, 0.3) is 0 Å². The molecular formula is C17H23NO2S. The van der Waals surface area contributed by atoms with Gasteiger partial charge in [-0.1, -0.05) is 18.7 Å². The van der Waals surface area contributed by atoms with Gasteiger partial charge in [0.1, 0.15) is 0 Å². The molecule has 1 aromatic rings. The highest BCUT2D eigenvalue weighted by Crippen LogP contribution is 2.26. The molecule has 2 atom stereocenters. The zero-order valence-corrected chi connectivity index (χ0v) is 13.8. The Morgan fingerprint density at radius 3 is 2.67 bits per heavy atom. The summed E-state index contributed by atoms with van der Waals surface area (Å²) >= 11 is 1.67. The van der Waals surface area contributed by atoms with Crippen molar-refractivity contribution in [2.75, 3.05) is 13.2 Å². The van der Waals surface area contributed by atoms with E-state index in [2.05, 4.69) is 12.6 Å². The molecule has 1 amide bonds. The first-order chi connectivity index (χ1) is 10.1. The maximum absolute atomic E-state index is 12.5. The molecule has 3 nitrogen and oxygen atoms in total. The van der Waals surface area contributed by atoms with Gasteiger partial charge in [-0.15, -0.1) is 11.3 Å². The van der Waals surface area contributed by atoms with Gasteiger partial charge in [-0.25, -0.2) is 0 Å². The largest absolute Gasteiger partial charge is 0.377 e. The summed E-state index contributed by atoms with van der Waals surface area (Å²) in [5.41, 5.74) is 1.12. The quantitative estimate of drug-likeness (QED) is 0.797. The van der Waals surface area contributed by atoms with Crippen LogP contribution in [0.25, 0.3) is 5.57 Å². The molecule has 1 saturated heterocycles. The van der Waals surface area contributed by atoms with Crippen LogP contribution in [0.1, 0.15) is 30.5 Å². The van der Waals surface area contributed by atoms with Crippen LogP contribution in [0.3, 0.4) is 0 Å². The summed E-state index contributed by atoms with van der Waals surface area (Å²) in [6.45, 7) is 11.2. The van der Waals surface area contributed by atoms with Gasteiger partial charge in [0, 0.05) is 9.75 Å². The topological polar surface area (TPSA) is 29.5 Å². The van der Waals surface area contributed by atoms with E-state index in [-0.39, 0.29) is 18.0 Å². The van der Waals surface area contributed by atoms with E-state index in [1.165, 1.54) is 4.88 Å². The summed E-state index contributed by atoms with van der Waals surface area (Å²) in [7, 11) is 0. The van der Waals surface area contributed by atoms with Crippen LogP contribution < -0.4 is 0 Å². The molecule has 0 bridgehead atoms. The Balaban J connectivity index is 2.07. The molecule has 2 rings (SSSR count). The summed E-state index contributed by atoms with van der Waals surface area (Å²) in [6, 6.07) is 4.41. The fourth-order valence-electron chi connectivity index (χ4n) is 2.72. The number of morpholine rings is 1. The average Bonchev–Trinajstić information content (AvgIpc) is 2.88. The van der Waals surface area contributed by atoms with Crippen LogP contribution in [0.2, 0.25) is 0 Å². The maximum Gasteiger partial charge on any atom is 0.228 e. The number of ether oxygens (including phenoxy) is 1. The number of amides is 1. The highest BCUT2D eigenvalue weighted by atomic mass is 32.1. The third kappa shape index (κ3) is 3.63. The van der Waals surface area contributed by atoms with Crippen molar-refractivity contribution in [2.24, 2.45) is 0 Å². The minimum absolute atomic E-state index is 0.153. The Labute approximate surface area is 130 Å². The predicted molar refractivity (Wildman–Crippen MR) is 88.5 cm³/mol. The Hall–Kier alpha value is -1.39. The molecule has 21 heavy (non-hydrogen) atoms. The van der Waals surface area contributed by atoms with Gasteiger partial charge in [-0.3, -0.25) is 4.79 Å². The van der Waals surface area contributed by atoms with Gasteiger partial charge in [-0.05, 0) is 38.5 Å². The number of thiophene rings is 1. The van der Waals surface area contributed by atoms with E-state index in [1.54, 1.807) is 11.3 Å². The highest BCUT2D eigenvalue weighted by molar-refractivity contribution is 7.13. The molecule has 0 spiro atoms. The minimum atomic E-state index is 0.153. The Morgan fingerprint density at radius 2 is 2.10 bits per heavy atom. The zero-order chi connectivity index (χ0) is 15.4. The van der Waals surface area contributed by atoms with Crippen molar-refractivity contribution in [1.82, 2.24) is 4.90 Å². The summed E-state index contributed by atoms with van der Waals surface area (Å²) in [5.74, 6) is 0.187. The predicted octanol–water partition coefficient (Wildman–Crippen LogP) is 3.52. The molecule has 0 aromatic carbocycles. The standard InChI is InChI=1S/C17H23NO2S/c1-5-14(6-2)16-8-7-15(21-16)9-17(19)18-12(3)10-20-11-13(18)4/h5-8,12-13H,1,9-11H2,2-4H3/b14-6+. The van der Waals surface area contributed by atoms with Crippen molar-refractivity contribution in [3.63, 3.8) is 0 Å². The normalized spacial score (nSPS) is 23.2. The number of nitrogens with zero attached hydrogens (tertiary/aromatic N) is 1. The molecule has 4 heteroatoms. The number of carbonyl (C=O) groups excluding carboxylic acids is 1. The van der Waals surface area contributed by atoms with Crippen LogP contribution in [-0.4, -0.2) is 36.1 Å². The van der Waals surface area contributed by atoms with Crippen LogP contribution in [-0.2, 0) is 16.0 Å². The lowest BCUT2D eigenvalue weighted by Gasteiger charge is -2.38. The lowest BCUT2D eigenvalue weighted by molar-refractivity contribution is -0.143. The number of carbonyl (C=O) groups is 1. The molecule has 0 radical (unpaired) electrons. The van der Waals surface area contributed by atoms with E-state index in [0.29, 0.717) is 19.6 Å². The first-order valence-electron chi connectivity index (χ1n) is 7.33. The Bertz CT molecular complexity index is 537. The molecule has 2 heterocycles. The molecule has 0 N–H and O–H groups in total. The molecule has 1 fully saturated rings. The molecule has 1 aromatic heterocycles. The van der Waals surface area contributed by atoms with Crippen molar-refractivity contribution < 1.29 is 9.53 Å². The summed E-state index contributed by atoms with van der Waals surface area (Å²) in [5, 5.41) is 0. The van der Waals surface area contributed by atoms with E-state index in [0.717, 1.165) is 10.5 Å². The van der Waals surface area contributed by atoms with Crippen molar-refractivity contribution >= 4 is 22.8 Å². The summed E-state index contributed by atoms with van der Waals surface area (Å²) in [6.07, 6.45) is 4.35. The molecular weight excluding hydrogens is 282 g/mol. The first kappa shape index (κ1) is 16.0. The van der Waals surface area contributed by atoms with E-state index >= 15 is 0 Å². The van der Waals surface area contributed by atoms with E-state index in [1.807, 2.05) is 43.9 Å². The van der Waals surface area contributed by atoms with Gasteiger partial charge < -0.3 is 9.64 Å². The highest BCUT2D eigenvalue weighted by Gasteiger charge is 2.29. The molecule has 1 aliphatic rings. The molecule has 0 saturated carbocycles. The number of allylic oxidation sites excluding steroid dienone is 3. The third-order valence-electron chi connectivity index (χ3n) is 3.76. The average molecular weight is 305 g/mol. The van der Waals surface area contributed by atoms with Crippen LogP contribution in [0, 0.1) is 0 Å². The van der Waals surface area contributed by atoms with E-state index < -0.39 is 0 Å². The second-order valence-electron chi connectivity index (χ2n) is 5.43. The van der Waals surface area contributed by atoms with Gasteiger partial charge in [0.05, 0.1) is 31.7 Å². The van der Waals surface area contributed by atoms with Crippen LogP contribution in [0.5, 0.6) is 0 Å². The van der Waals surface area contributed by atoms with Gasteiger partial charge in [-0.2, -0.15) is 0 Å². The SMILES string of the molecule is C=C/C(=C\C)c1ccc(CC(=O)N2C(C)COCC2C)s1. The summed E-state index contributed by atoms with van der Waals surface area (Å²) in [4.78, 5) is 16.8. The molecule has 2 unspecified atom stereocenters. The third-order valence-corrected chi connectivity index (χ3v) is 4.89. The van der Waals surface area contributed by atoms with Gasteiger partial charge in [0.15, 0.2) is 0 Å². The monoisotopic (exact) mass is 305 g/mol. The Morgan fingerprint density at radius 1 is 1.43 bits per heavy atom. The lowest BCUT2D eigenvalue weighted by atomic mass is 10.1. The van der Waals surface area contributed by atoms with E-state index in [4.69, 9.17) is 4.74 Å². The van der Waals surface area contributed by atoms with Crippen molar-refractivity contribution in [2.45, 2.75) is 39.3 Å².